The lowest BCUT2D eigenvalue weighted by Gasteiger charge is -2.40. The molecule has 1 atom stereocenters. The van der Waals surface area contributed by atoms with Crippen molar-refractivity contribution in [2.45, 2.75) is 45.4 Å². The number of primary amides is 1. The highest BCUT2D eigenvalue weighted by Gasteiger charge is 2.45. The van der Waals surface area contributed by atoms with Gasteiger partial charge in [-0.3, -0.25) is 18.7 Å². The summed E-state index contributed by atoms with van der Waals surface area (Å²) >= 11 is 6.21. The molecule has 0 bridgehead atoms. The topological polar surface area (TPSA) is 152 Å². The molecule has 1 saturated carbocycles. The first-order valence-corrected chi connectivity index (χ1v) is 14.0. The Bertz CT molecular complexity index is 1780. The normalized spacial score (nSPS) is 18.4. The van der Waals surface area contributed by atoms with Gasteiger partial charge in [0.1, 0.15) is 6.07 Å². The molecule has 0 spiro atoms. The molecule has 42 heavy (non-hydrogen) atoms. The molecule has 2 heterocycles. The van der Waals surface area contributed by atoms with Crippen LogP contribution in [0.2, 0.25) is 5.02 Å². The van der Waals surface area contributed by atoms with Crippen molar-refractivity contribution < 1.29 is 14.3 Å². The average molecular weight is 591 g/mol. The summed E-state index contributed by atoms with van der Waals surface area (Å²) in [4.78, 5) is 54.2. The number of carbonyl (C=O) groups excluding carboxylic acids is 2. The van der Waals surface area contributed by atoms with Crippen LogP contribution in [0.3, 0.4) is 0 Å². The number of hydrogen-bond acceptors (Lipinski definition) is 6. The minimum absolute atomic E-state index is 0.0220. The van der Waals surface area contributed by atoms with Crippen molar-refractivity contribution in [2.24, 2.45) is 11.7 Å². The predicted octanol–water partition coefficient (Wildman–Crippen LogP) is 3.31. The van der Waals surface area contributed by atoms with Gasteiger partial charge in [-0.15, -0.1) is 0 Å². The molecule has 3 aromatic rings. The van der Waals surface area contributed by atoms with Crippen molar-refractivity contribution in [2.75, 3.05) is 25.0 Å². The highest BCUT2D eigenvalue weighted by atomic mass is 35.5. The fraction of sp³-hybridized carbons (Fsp3) is 0.367. The number of morpholine rings is 1. The molecule has 1 aliphatic heterocycles. The first-order chi connectivity index (χ1) is 20.0. The zero-order chi connectivity index (χ0) is 30.2. The molecule has 12 heteroatoms. The van der Waals surface area contributed by atoms with E-state index in [4.69, 9.17) is 22.1 Å². The molecule has 2 aliphatic rings. The van der Waals surface area contributed by atoms with Crippen LogP contribution in [-0.4, -0.2) is 45.7 Å². The molecule has 2 aromatic carbocycles. The van der Waals surface area contributed by atoms with Gasteiger partial charge in [0.25, 0.3) is 11.5 Å². The largest absolute Gasteiger partial charge is 0.367 e. The van der Waals surface area contributed by atoms with E-state index in [-0.39, 0.29) is 36.0 Å². The number of ether oxygens (including phenoxy) is 1. The number of hydrogen-bond donors (Lipinski definition) is 2. The first-order valence-electron chi connectivity index (χ1n) is 13.6. The average Bonchev–Trinajstić information content (AvgIpc) is 3.79. The number of rotatable bonds is 7. The number of urea groups is 1. The van der Waals surface area contributed by atoms with Crippen LogP contribution in [0.1, 0.15) is 37.8 Å². The third-order valence-corrected chi connectivity index (χ3v) is 7.97. The van der Waals surface area contributed by atoms with E-state index in [0.717, 1.165) is 18.4 Å². The van der Waals surface area contributed by atoms with Crippen LogP contribution in [0.4, 0.5) is 10.5 Å². The van der Waals surface area contributed by atoms with Crippen molar-refractivity contribution in [3.05, 3.63) is 85.0 Å². The number of nitrogens with two attached hydrogens (primary N) is 1. The highest BCUT2D eigenvalue weighted by molar-refractivity contribution is 6.31. The van der Waals surface area contributed by atoms with Crippen LogP contribution >= 0.6 is 11.6 Å². The van der Waals surface area contributed by atoms with Crippen molar-refractivity contribution in [3.63, 3.8) is 0 Å². The molecule has 1 unspecified atom stereocenters. The minimum Gasteiger partial charge on any atom is -0.367 e. The Labute approximate surface area is 246 Å². The summed E-state index contributed by atoms with van der Waals surface area (Å²) in [6.07, 6.45) is 3.89. The monoisotopic (exact) mass is 590 g/mol. The Morgan fingerprint density at radius 1 is 1.19 bits per heavy atom. The quantitative estimate of drug-likeness (QED) is 0.403. The second kappa shape index (κ2) is 11.5. The summed E-state index contributed by atoms with van der Waals surface area (Å²) in [5.41, 5.74) is 5.77. The van der Waals surface area contributed by atoms with E-state index in [1.807, 2.05) is 26.0 Å². The second-order valence-corrected chi connectivity index (χ2v) is 11.4. The second-order valence-electron chi connectivity index (χ2n) is 11.0. The summed E-state index contributed by atoms with van der Waals surface area (Å²) in [6, 6.07) is 10.7. The lowest BCUT2D eigenvalue weighted by atomic mass is 9.90. The fourth-order valence-corrected chi connectivity index (χ4v) is 5.32. The van der Waals surface area contributed by atoms with Crippen LogP contribution in [0.15, 0.2) is 57.6 Å². The van der Waals surface area contributed by atoms with Crippen molar-refractivity contribution >= 4 is 40.1 Å². The SMILES string of the molecule is CC(C)=CCn1c(=O)n(CC2CC2)c(=O)c2cc(NC(=O)N3CCOC(C(N)=O)(c4ccc(C#N)c(Cl)c4)C3)ccc21. The standard InChI is InChI=1S/C30H31ClN6O5/c1-18(2)9-10-36-25-8-7-22(14-23(25)26(38)37(29(36)41)16-19-3-4-19)34-28(40)35-11-12-42-30(17-35,27(33)39)21-6-5-20(15-32)24(31)13-21/h5-9,13-14,19H,3-4,10-12,16-17H2,1-2H3,(H2,33,39)(H,34,40). The maximum atomic E-state index is 13.4. The summed E-state index contributed by atoms with van der Waals surface area (Å²) in [5, 5.41) is 12.5. The van der Waals surface area contributed by atoms with E-state index in [1.165, 1.54) is 27.7 Å². The van der Waals surface area contributed by atoms with Crippen LogP contribution in [-0.2, 0) is 28.2 Å². The molecule has 11 nitrogen and oxygen atoms in total. The van der Waals surface area contributed by atoms with Gasteiger partial charge in [-0.1, -0.05) is 29.3 Å². The number of aromatic nitrogens is 2. The Morgan fingerprint density at radius 2 is 1.95 bits per heavy atom. The zero-order valence-corrected chi connectivity index (χ0v) is 24.1. The Balaban J connectivity index is 1.46. The van der Waals surface area contributed by atoms with Crippen LogP contribution in [0.5, 0.6) is 0 Å². The summed E-state index contributed by atoms with van der Waals surface area (Å²) in [6.45, 7) is 4.56. The Kier molecular flexibility index (Phi) is 7.95. The number of nitrogens with one attached hydrogen (secondary N) is 1. The highest BCUT2D eigenvalue weighted by Crippen LogP contribution is 2.33. The van der Waals surface area contributed by atoms with Crippen molar-refractivity contribution in [3.8, 4) is 6.07 Å². The molecule has 5 rings (SSSR count). The van der Waals surface area contributed by atoms with Crippen LogP contribution in [0, 0.1) is 17.2 Å². The number of amides is 3. The molecular formula is C30H31ClN6O5. The lowest BCUT2D eigenvalue weighted by molar-refractivity contribution is -0.155. The van der Waals surface area contributed by atoms with Gasteiger partial charge in [0.2, 0.25) is 0 Å². The van der Waals surface area contributed by atoms with Gasteiger partial charge in [0.15, 0.2) is 5.60 Å². The molecule has 218 valence electrons. The molecule has 2 fully saturated rings. The Hall–Kier alpha value is -4.40. The number of anilines is 1. The summed E-state index contributed by atoms with van der Waals surface area (Å²) in [7, 11) is 0. The van der Waals surface area contributed by atoms with Crippen molar-refractivity contribution in [1.82, 2.24) is 14.0 Å². The van der Waals surface area contributed by atoms with Gasteiger partial charge < -0.3 is 20.7 Å². The number of fused-ring (bicyclic) bond motifs is 1. The molecule has 1 saturated heterocycles. The lowest BCUT2D eigenvalue weighted by Crippen LogP contribution is -2.58. The zero-order valence-electron chi connectivity index (χ0n) is 23.4. The maximum Gasteiger partial charge on any atom is 0.331 e. The number of carbonyl (C=O) groups is 2. The molecular weight excluding hydrogens is 560 g/mol. The summed E-state index contributed by atoms with van der Waals surface area (Å²) in [5.74, 6) is -0.498. The summed E-state index contributed by atoms with van der Waals surface area (Å²) < 4.78 is 8.70. The number of nitrogens with zero attached hydrogens (tertiary/aromatic N) is 4. The smallest absolute Gasteiger partial charge is 0.331 e. The number of nitriles is 1. The van der Waals surface area contributed by atoms with E-state index in [9.17, 15) is 24.4 Å². The number of halogens is 1. The van der Waals surface area contributed by atoms with Crippen molar-refractivity contribution in [1.29, 1.82) is 5.26 Å². The number of allylic oxidation sites excluding steroid dienone is 2. The van der Waals surface area contributed by atoms with E-state index >= 15 is 0 Å². The van der Waals surface area contributed by atoms with Gasteiger partial charge >= 0.3 is 11.7 Å². The molecule has 1 aromatic heterocycles. The maximum absolute atomic E-state index is 13.4. The van der Waals surface area contributed by atoms with Crippen LogP contribution < -0.4 is 22.3 Å². The molecule has 3 amide bonds. The van der Waals surface area contributed by atoms with Gasteiger partial charge in [0.05, 0.1) is 34.6 Å². The van der Waals surface area contributed by atoms with Gasteiger partial charge in [-0.25, -0.2) is 9.59 Å². The predicted molar refractivity (Wildman–Crippen MR) is 158 cm³/mol. The molecule has 0 radical (unpaired) electrons. The molecule has 3 N–H and O–H groups in total. The van der Waals surface area contributed by atoms with E-state index in [2.05, 4.69) is 5.32 Å². The van der Waals surface area contributed by atoms with E-state index in [1.54, 1.807) is 22.8 Å². The van der Waals surface area contributed by atoms with Gasteiger partial charge in [-0.2, -0.15) is 5.26 Å². The van der Waals surface area contributed by atoms with Gasteiger partial charge in [0, 0.05) is 25.3 Å². The minimum atomic E-state index is -1.67. The third-order valence-electron chi connectivity index (χ3n) is 7.66. The van der Waals surface area contributed by atoms with E-state index < -0.39 is 23.1 Å². The number of benzene rings is 2. The Morgan fingerprint density at radius 3 is 2.60 bits per heavy atom. The first kappa shape index (κ1) is 29.1. The van der Waals surface area contributed by atoms with Gasteiger partial charge in [-0.05, 0) is 68.5 Å². The van der Waals surface area contributed by atoms with E-state index in [0.29, 0.717) is 41.2 Å². The molecule has 1 aliphatic carbocycles. The third kappa shape index (κ3) is 5.55. The fourth-order valence-electron chi connectivity index (χ4n) is 5.09. The van der Waals surface area contributed by atoms with Crippen LogP contribution in [0.25, 0.3) is 10.9 Å².